The summed E-state index contributed by atoms with van der Waals surface area (Å²) in [6, 6.07) is 6.38. The first-order valence-electron chi connectivity index (χ1n) is 9.35. The van der Waals surface area contributed by atoms with E-state index in [1.54, 1.807) is 19.9 Å². The van der Waals surface area contributed by atoms with Gasteiger partial charge in [0.05, 0.1) is 18.8 Å². The molecular weight excluding hydrogens is 399 g/mol. The lowest BCUT2D eigenvalue weighted by atomic mass is 9.89. The number of fused-ring (bicyclic) bond motifs is 1. The Balaban J connectivity index is 1.91. The number of pyridine rings is 1. The number of halogens is 3. The van der Waals surface area contributed by atoms with Gasteiger partial charge in [-0.15, -0.1) is 0 Å². The van der Waals surface area contributed by atoms with Gasteiger partial charge in [0.25, 0.3) is 5.91 Å². The molecule has 30 heavy (non-hydrogen) atoms. The number of carbonyl (C=O) groups excluding carboxylic acids is 1. The van der Waals surface area contributed by atoms with Gasteiger partial charge < -0.3 is 14.7 Å². The minimum Gasteiger partial charge on any atom is -0.492 e. The predicted octanol–water partition coefficient (Wildman–Crippen LogP) is 3.45. The summed E-state index contributed by atoms with van der Waals surface area (Å²) in [6.07, 6.45) is -5.91. The number of nitriles is 1. The number of carbonyl (C=O) groups is 1. The summed E-state index contributed by atoms with van der Waals surface area (Å²) < 4.78 is 44.6. The fourth-order valence-corrected chi connectivity index (χ4v) is 3.52. The smallest absolute Gasteiger partial charge is 0.418 e. The summed E-state index contributed by atoms with van der Waals surface area (Å²) in [4.78, 5) is 18.7. The molecule has 0 saturated carbocycles. The van der Waals surface area contributed by atoms with Gasteiger partial charge in [-0.05, 0) is 43.0 Å². The quantitative estimate of drug-likeness (QED) is 0.802. The molecule has 9 heteroatoms. The first kappa shape index (κ1) is 21.6. The predicted molar refractivity (Wildman–Crippen MR) is 101 cm³/mol. The number of alkyl halides is 3. The zero-order valence-electron chi connectivity index (χ0n) is 16.5. The third kappa shape index (κ3) is 4.24. The number of aryl methyl sites for hydroxylation is 1. The summed E-state index contributed by atoms with van der Waals surface area (Å²) in [5.74, 6) is -0.0685. The first-order chi connectivity index (χ1) is 14.2. The van der Waals surface area contributed by atoms with Crippen LogP contribution in [0.5, 0.6) is 5.75 Å². The number of hydrogen-bond donors (Lipinski definition) is 1. The minimum atomic E-state index is -4.82. The number of benzene rings is 1. The van der Waals surface area contributed by atoms with E-state index in [-0.39, 0.29) is 41.8 Å². The standard InChI is InChI=1S/C21H20F3N3O3/c1-3-30-18-8-14(26-10-13(18)9-25)11-27-5-4-15-16(19(28)21(22,23)24)6-12(2)7-17(15)20(27)29/h6-8,10,19,28H,3-5,11H2,1-2H3. The van der Waals surface area contributed by atoms with Crippen molar-refractivity contribution in [2.45, 2.75) is 39.1 Å². The molecule has 1 aromatic heterocycles. The molecule has 0 fully saturated rings. The van der Waals surface area contributed by atoms with Crippen LogP contribution in [0.3, 0.4) is 0 Å². The molecule has 158 valence electrons. The zero-order chi connectivity index (χ0) is 22.1. The molecular formula is C21H20F3N3O3. The molecule has 1 aromatic carbocycles. The second-order valence-electron chi connectivity index (χ2n) is 7.02. The number of nitrogens with zero attached hydrogens (tertiary/aromatic N) is 3. The van der Waals surface area contributed by atoms with E-state index in [9.17, 15) is 23.1 Å². The molecule has 3 rings (SSSR count). The van der Waals surface area contributed by atoms with Crippen LogP contribution in [0, 0.1) is 18.3 Å². The second-order valence-corrected chi connectivity index (χ2v) is 7.02. The third-order valence-electron chi connectivity index (χ3n) is 4.88. The number of aliphatic hydroxyl groups excluding tert-OH is 1. The normalized spacial score (nSPS) is 14.8. The SMILES string of the molecule is CCOc1cc(CN2CCc3c(cc(C)cc3C(O)C(F)(F)F)C2=O)ncc1C#N. The van der Waals surface area contributed by atoms with Gasteiger partial charge in [-0.3, -0.25) is 9.78 Å². The lowest BCUT2D eigenvalue weighted by Gasteiger charge is -2.31. The maximum atomic E-state index is 13.1. The Morgan fingerprint density at radius 1 is 1.37 bits per heavy atom. The van der Waals surface area contributed by atoms with Crippen LogP contribution < -0.4 is 4.74 Å². The van der Waals surface area contributed by atoms with E-state index in [2.05, 4.69) is 4.98 Å². The molecule has 0 saturated heterocycles. The van der Waals surface area contributed by atoms with Crippen LogP contribution in [0.4, 0.5) is 13.2 Å². The van der Waals surface area contributed by atoms with Gasteiger partial charge in [0, 0.05) is 24.4 Å². The molecule has 1 atom stereocenters. The minimum absolute atomic E-state index is 0.120. The highest BCUT2D eigenvalue weighted by Crippen LogP contribution is 2.37. The highest BCUT2D eigenvalue weighted by Gasteiger charge is 2.42. The largest absolute Gasteiger partial charge is 0.492 e. The van der Waals surface area contributed by atoms with Crippen LogP contribution in [0.1, 0.15) is 51.3 Å². The van der Waals surface area contributed by atoms with Crippen LogP contribution in [-0.4, -0.2) is 40.2 Å². The molecule has 2 aromatic rings. The van der Waals surface area contributed by atoms with E-state index in [0.717, 1.165) is 0 Å². The molecule has 6 nitrogen and oxygen atoms in total. The number of rotatable bonds is 5. The Morgan fingerprint density at radius 3 is 2.73 bits per heavy atom. The molecule has 0 spiro atoms. The molecule has 1 N–H and O–H groups in total. The molecule has 0 bridgehead atoms. The Morgan fingerprint density at radius 2 is 2.10 bits per heavy atom. The number of aliphatic hydroxyl groups is 1. The molecule has 0 aliphatic carbocycles. The van der Waals surface area contributed by atoms with Gasteiger partial charge in [-0.2, -0.15) is 18.4 Å². The van der Waals surface area contributed by atoms with Crippen LogP contribution in [-0.2, 0) is 13.0 Å². The average Bonchev–Trinajstić information content (AvgIpc) is 2.69. The Labute approximate surface area is 171 Å². The third-order valence-corrected chi connectivity index (χ3v) is 4.88. The molecule has 1 unspecified atom stereocenters. The summed E-state index contributed by atoms with van der Waals surface area (Å²) in [5, 5.41) is 18.9. The molecule has 1 aliphatic heterocycles. The van der Waals surface area contributed by atoms with Crippen LogP contribution in [0.15, 0.2) is 24.4 Å². The Kier molecular flexibility index (Phi) is 5.99. The lowest BCUT2D eigenvalue weighted by Crippen LogP contribution is -2.38. The van der Waals surface area contributed by atoms with Crippen LogP contribution in [0.2, 0.25) is 0 Å². The highest BCUT2D eigenvalue weighted by molar-refractivity contribution is 5.97. The molecule has 1 aliphatic rings. The maximum Gasteiger partial charge on any atom is 0.418 e. The second kappa shape index (κ2) is 8.32. The van der Waals surface area contributed by atoms with Gasteiger partial charge in [0.2, 0.25) is 0 Å². The number of hydrogen-bond acceptors (Lipinski definition) is 5. The number of aromatic nitrogens is 1. The topological polar surface area (TPSA) is 86.5 Å². The van der Waals surface area contributed by atoms with Crippen molar-refractivity contribution >= 4 is 5.91 Å². The van der Waals surface area contributed by atoms with Crippen molar-refractivity contribution in [3.8, 4) is 11.8 Å². The van der Waals surface area contributed by atoms with E-state index < -0.39 is 18.2 Å². The van der Waals surface area contributed by atoms with Crippen LogP contribution >= 0.6 is 0 Å². The van der Waals surface area contributed by atoms with Gasteiger partial charge >= 0.3 is 6.18 Å². The summed E-state index contributed by atoms with van der Waals surface area (Å²) in [5.41, 5.74) is 1.32. The van der Waals surface area contributed by atoms with E-state index >= 15 is 0 Å². The Hall–Kier alpha value is -3.12. The fraction of sp³-hybridized carbons (Fsp3) is 0.381. The van der Waals surface area contributed by atoms with Crippen molar-refractivity contribution in [1.29, 1.82) is 5.26 Å². The van der Waals surface area contributed by atoms with Crippen molar-refractivity contribution in [2.75, 3.05) is 13.2 Å². The average molecular weight is 419 g/mol. The lowest BCUT2D eigenvalue weighted by molar-refractivity contribution is -0.207. The van der Waals surface area contributed by atoms with Gasteiger partial charge in [0.1, 0.15) is 17.4 Å². The van der Waals surface area contributed by atoms with Gasteiger partial charge in [-0.1, -0.05) is 6.07 Å². The van der Waals surface area contributed by atoms with Crippen molar-refractivity contribution < 1.29 is 27.8 Å². The molecule has 2 heterocycles. The van der Waals surface area contributed by atoms with Crippen molar-refractivity contribution in [2.24, 2.45) is 0 Å². The Bertz CT molecular complexity index is 1020. The maximum absolute atomic E-state index is 13.1. The van der Waals surface area contributed by atoms with E-state index in [4.69, 9.17) is 10.00 Å². The molecule has 0 radical (unpaired) electrons. The van der Waals surface area contributed by atoms with E-state index in [1.807, 2.05) is 6.07 Å². The van der Waals surface area contributed by atoms with Crippen molar-refractivity contribution in [3.05, 3.63) is 57.9 Å². The summed E-state index contributed by atoms with van der Waals surface area (Å²) >= 11 is 0. The van der Waals surface area contributed by atoms with Crippen LogP contribution in [0.25, 0.3) is 0 Å². The van der Waals surface area contributed by atoms with Crippen molar-refractivity contribution in [1.82, 2.24) is 9.88 Å². The first-order valence-corrected chi connectivity index (χ1v) is 9.35. The molecule has 1 amide bonds. The van der Waals surface area contributed by atoms with E-state index in [0.29, 0.717) is 23.6 Å². The summed E-state index contributed by atoms with van der Waals surface area (Å²) in [7, 11) is 0. The monoisotopic (exact) mass is 419 g/mol. The van der Waals surface area contributed by atoms with Gasteiger partial charge in [-0.25, -0.2) is 0 Å². The number of amides is 1. The zero-order valence-corrected chi connectivity index (χ0v) is 16.5. The number of ether oxygens (including phenoxy) is 1. The van der Waals surface area contributed by atoms with Crippen molar-refractivity contribution in [3.63, 3.8) is 0 Å². The van der Waals surface area contributed by atoms with E-state index in [1.165, 1.54) is 23.2 Å². The summed E-state index contributed by atoms with van der Waals surface area (Å²) in [6.45, 7) is 4.02. The highest BCUT2D eigenvalue weighted by atomic mass is 19.4. The van der Waals surface area contributed by atoms with Gasteiger partial charge in [0.15, 0.2) is 6.10 Å². The fourth-order valence-electron chi connectivity index (χ4n) is 3.52.